The van der Waals surface area contributed by atoms with E-state index in [1.807, 2.05) is 24.3 Å². The second kappa shape index (κ2) is 6.96. The highest BCUT2D eigenvalue weighted by atomic mass is 32.2. The van der Waals surface area contributed by atoms with Crippen molar-refractivity contribution in [1.29, 1.82) is 0 Å². The Hall–Kier alpha value is -2.01. The van der Waals surface area contributed by atoms with E-state index in [4.69, 9.17) is 4.74 Å². The quantitative estimate of drug-likeness (QED) is 0.856. The van der Waals surface area contributed by atoms with Crippen LogP contribution in [0.15, 0.2) is 47.5 Å². The first kappa shape index (κ1) is 14.4. The minimum Gasteiger partial charge on any atom is -0.481 e. The van der Waals surface area contributed by atoms with Crippen molar-refractivity contribution in [2.45, 2.75) is 11.8 Å². The number of thioether (sulfide) groups is 1. The van der Waals surface area contributed by atoms with Gasteiger partial charge in [-0.2, -0.15) is 0 Å². The summed E-state index contributed by atoms with van der Waals surface area (Å²) in [7, 11) is 1.55. The van der Waals surface area contributed by atoms with Crippen LogP contribution < -0.4 is 10.1 Å². The number of carbonyl (C=O) groups excluding carboxylic acids is 1. The van der Waals surface area contributed by atoms with Crippen LogP contribution in [-0.2, 0) is 0 Å². The first-order valence-electron chi connectivity index (χ1n) is 6.27. The maximum absolute atomic E-state index is 12.3. The monoisotopic (exact) mass is 288 g/mol. The van der Waals surface area contributed by atoms with Crippen molar-refractivity contribution in [3.05, 3.63) is 48.2 Å². The van der Waals surface area contributed by atoms with Crippen LogP contribution in [0.3, 0.4) is 0 Å². The molecule has 1 amide bonds. The number of benzene rings is 1. The van der Waals surface area contributed by atoms with E-state index in [1.54, 1.807) is 37.2 Å². The molecule has 1 aromatic heterocycles. The highest BCUT2D eigenvalue weighted by Crippen LogP contribution is 2.23. The molecule has 1 N–H and O–H groups in total. The van der Waals surface area contributed by atoms with Crippen molar-refractivity contribution < 1.29 is 9.53 Å². The molecule has 2 rings (SSSR count). The molecule has 0 saturated heterocycles. The van der Waals surface area contributed by atoms with Crippen molar-refractivity contribution in [3.63, 3.8) is 0 Å². The number of amides is 1. The van der Waals surface area contributed by atoms with E-state index in [9.17, 15) is 4.79 Å². The van der Waals surface area contributed by atoms with Crippen molar-refractivity contribution in [2.24, 2.45) is 0 Å². The maximum Gasteiger partial charge on any atom is 0.256 e. The summed E-state index contributed by atoms with van der Waals surface area (Å²) >= 11 is 1.65. The van der Waals surface area contributed by atoms with E-state index in [1.165, 1.54) is 0 Å². The van der Waals surface area contributed by atoms with Crippen LogP contribution in [0.25, 0.3) is 0 Å². The van der Waals surface area contributed by atoms with E-state index >= 15 is 0 Å². The largest absolute Gasteiger partial charge is 0.481 e. The molecule has 5 heteroatoms. The number of methoxy groups -OCH3 is 1. The van der Waals surface area contributed by atoms with Gasteiger partial charge in [-0.1, -0.05) is 19.1 Å². The third-order valence-corrected chi connectivity index (χ3v) is 3.59. The number of hydrogen-bond acceptors (Lipinski definition) is 4. The topological polar surface area (TPSA) is 51.2 Å². The number of rotatable bonds is 5. The standard InChI is InChI=1S/C15H16N2O2S/c1-3-20-13-7-5-4-6-12(13)15(18)17-11-8-9-14(19-2)16-10-11/h4-10H,3H2,1-2H3,(H,17,18). The molecular weight excluding hydrogens is 272 g/mol. The second-order valence-corrected chi connectivity index (χ2v) is 5.28. The van der Waals surface area contributed by atoms with E-state index in [0.717, 1.165) is 10.6 Å². The van der Waals surface area contributed by atoms with E-state index in [-0.39, 0.29) is 5.91 Å². The van der Waals surface area contributed by atoms with Crippen molar-refractivity contribution >= 4 is 23.4 Å². The van der Waals surface area contributed by atoms with Crippen LogP contribution >= 0.6 is 11.8 Å². The van der Waals surface area contributed by atoms with Crippen molar-refractivity contribution in [1.82, 2.24) is 4.98 Å². The van der Waals surface area contributed by atoms with Crippen molar-refractivity contribution in [3.8, 4) is 5.88 Å². The normalized spacial score (nSPS) is 10.1. The summed E-state index contributed by atoms with van der Waals surface area (Å²) in [5.41, 5.74) is 1.32. The molecule has 104 valence electrons. The van der Waals surface area contributed by atoms with Gasteiger partial charge in [-0.3, -0.25) is 4.79 Å². The number of anilines is 1. The lowest BCUT2D eigenvalue weighted by Gasteiger charge is -2.09. The second-order valence-electron chi connectivity index (χ2n) is 3.97. The number of hydrogen-bond donors (Lipinski definition) is 1. The Labute approximate surface area is 122 Å². The zero-order valence-electron chi connectivity index (χ0n) is 11.4. The summed E-state index contributed by atoms with van der Waals surface area (Å²) in [5, 5.41) is 2.84. The van der Waals surface area contributed by atoms with E-state index in [0.29, 0.717) is 17.1 Å². The smallest absolute Gasteiger partial charge is 0.256 e. The molecule has 0 radical (unpaired) electrons. The molecule has 0 fully saturated rings. The van der Waals surface area contributed by atoms with Crippen LogP contribution in [0.2, 0.25) is 0 Å². The van der Waals surface area contributed by atoms with Gasteiger partial charge in [0.25, 0.3) is 5.91 Å². The molecule has 20 heavy (non-hydrogen) atoms. The molecule has 1 heterocycles. The predicted molar refractivity (Wildman–Crippen MR) is 81.6 cm³/mol. The van der Waals surface area contributed by atoms with Crippen LogP contribution in [0.1, 0.15) is 17.3 Å². The Kier molecular flexibility index (Phi) is 5.01. The highest BCUT2D eigenvalue weighted by molar-refractivity contribution is 7.99. The Balaban J connectivity index is 2.15. The van der Waals surface area contributed by atoms with Gasteiger partial charge in [-0.15, -0.1) is 11.8 Å². The lowest BCUT2D eigenvalue weighted by Crippen LogP contribution is -2.13. The van der Waals surface area contributed by atoms with E-state index < -0.39 is 0 Å². The van der Waals surface area contributed by atoms with Gasteiger partial charge in [-0.25, -0.2) is 4.98 Å². The Morgan fingerprint density at radius 3 is 2.75 bits per heavy atom. The summed E-state index contributed by atoms with van der Waals surface area (Å²) < 4.78 is 4.98. The molecule has 0 aliphatic carbocycles. The first-order valence-corrected chi connectivity index (χ1v) is 7.26. The first-order chi connectivity index (χ1) is 9.74. The maximum atomic E-state index is 12.3. The number of nitrogens with zero attached hydrogens (tertiary/aromatic N) is 1. The Morgan fingerprint density at radius 2 is 2.10 bits per heavy atom. The molecular formula is C15H16N2O2S. The van der Waals surface area contributed by atoms with Gasteiger partial charge in [0.15, 0.2) is 0 Å². The summed E-state index contributed by atoms with van der Waals surface area (Å²) in [6.07, 6.45) is 1.58. The molecule has 0 aliphatic rings. The molecule has 0 aliphatic heterocycles. The minimum absolute atomic E-state index is 0.131. The third-order valence-electron chi connectivity index (χ3n) is 2.63. The average molecular weight is 288 g/mol. The van der Waals surface area contributed by atoms with Crippen LogP contribution in [0, 0.1) is 0 Å². The van der Waals surface area contributed by atoms with E-state index in [2.05, 4.69) is 17.2 Å². The van der Waals surface area contributed by atoms with Gasteiger partial charge in [-0.05, 0) is 24.0 Å². The van der Waals surface area contributed by atoms with Gasteiger partial charge < -0.3 is 10.1 Å². The Bertz CT molecular complexity index is 585. The number of ether oxygens (including phenoxy) is 1. The summed E-state index contributed by atoms with van der Waals surface area (Å²) in [6.45, 7) is 2.06. The molecule has 4 nitrogen and oxygen atoms in total. The predicted octanol–water partition coefficient (Wildman–Crippen LogP) is 3.45. The molecule has 2 aromatic rings. The van der Waals surface area contributed by atoms with Crippen LogP contribution in [0.5, 0.6) is 5.88 Å². The molecule has 0 spiro atoms. The van der Waals surface area contributed by atoms with Gasteiger partial charge in [0, 0.05) is 11.0 Å². The lowest BCUT2D eigenvalue weighted by molar-refractivity contribution is 0.102. The van der Waals surface area contributed by atoms with Crippen molar-refractivity contribution in [2.75, 3.05) is 18.2 Å². The Morgan fingerprint density at radius 1 is 1.30 bits per heavy atom. The fourth-order valence-electron chi connectivity index (χ4n) is 1.71. The molecule has 0 saturated carbocycles. The van der Waals surface area contributed by atoms with Gasteiger partial charge >= 0.3 is 0 Å². The number of aromatic nitrogens is 1. The number of pyridine rings is 1. The summed E-state index contributed by atoms with van der Waals surface area (Å²) in [4.78, 5) is 17.3. The van der Waals surface area contributed by atoms with Gasteiger partial charge in [0.05, 0.1) is 24.6 Å². The lowest BCUT2D eigenvalue weighted by atomic mass is 10.2. The summed E-state index contributed by atoms with van der Waals surface area (Å²) in [6, 6.07) is 11.0. The van der Waals surface area contributed by atoms with Crippen LogP contribution in [-0.4, -0.2) is 23.8 Å². The fourth-order valence-corrected chi connectivity index (χ4v) is 2.51. The van der Waals surface area contributed by atoms with Gasteiger partial charge in [0.2, 0.25) is 5.88 Å². The SMILES string of the molecule is CCSc1ccccc1C(=O)Nc1ccc(OC)nc1. The third kappa shape index (κ3) is 3.51. The zero-order valence-corrected chi connectivity index (χ0v) is 12.2. The number of nitrogens with one attached hydrogen (secondary N) is 1. The number of carbonyl (C=O) groups is 1. The molecule has 0 unspecified atom stereocenters. The average Bonchev–Trinajstić information content (AvgIpc) is 2.49. The summed E-state index contributed by atoms with van der Waals surface area (Å²) in [5.74, 6) is 1.31. The van der Waals surface area contributed by atoms with Crippen LogP contribution in [0.4, 0.5) is 5.69 Å². The fraction of sp³-hybridized carbons (Fsp3) is 0.200. The highest BCUT2D eigenvalue weighted by Gasteiger charge is 2.11. The van der Waals surface area contributed by atoms with Gasteiger partial charge in [0.1, 0.15) is 0 Å². The molecule has 1 aromatic carbocycles. The molecule has 0 bridgehead atoms. The minimum atomic E-state index is -0.131. The molecule has 0 atom stereocenters. The zero-order chi connectivity index (χ0) is 14.4.